The zero-order valence-corrected chi connectivity index (χ0v) is 14.0. The molecular formula is C18H16F3NO5. The summed E-state index contributed by atoms with van der Waals surface area (Å²) in [6, 6.07) is 8.25. The van der Waals surface area contributed by atoms with E-state index in [0.29, 0.717) is 12.8 Å². The number of ether oxygens (including phenoxy) is 1. The number of likely N-dealkylation sites (tertiary alicyclic amines) is 1. The number of benzene rings is 1. The second-order valence-electron chi connectivity index (χ2n) is 6.11. The van der Waals surface area contributed by atoms with E-state index in [1.165, 1.54) is 35.2 Å². The number of aliphatic carboxylic acids is 1. The van der Waals surface area contributed by atoms with Crippen molar-refractivity contribution in [1.29, 1.82) is 0 Å². The highest BCUT2D eigenvalue weighted by Crippen LogP contribution is 2.35. The summed E-state index contributed by atoms with van der Waals surface area (Å²) in [5, 5.41) is 9.00. The number of carboxylic acid groups (broad SMARTS) is 1. The lowest BCUT2D eigenvalue weighted by Crippen LogP contribution is -2.40. The fraction of sp³-hybridized carbons (Fsp3) is 0.333. The van der Waals surface area contributed by atoms with Crippen LogP contribution in [0.15, 0.2) is 40.8 Å². The van der Waals surface area contributed by atoms with Crippen LogP contribution in [0.1, 0.15) is 23.4 Å². The molecule has 144 valence electrons. The van der Waals surface area contributed by atoms with Crippen molar-refractivity contribution in [2.45, 2.75) is 19.2 Å². The number of alkyl halides is 3. The minimum absolute atomic E-state index is 0.0272. The maximum atomic E-state index is 12.5. The second-order valence-corrected chi connectivity index (χ2v) is 6.11. The second kappa shape index (κ2) is 7.34. The van der Waals surface area contributed by atoms with Crippen LogP contribution >= 0.6 is 0 Å². The molecule has 1 N–H and O–H groups in total. The van der Waals surface area contributed by atoms with Crippen LogP contribution in [-0.2, 0) is 4.79 Å². The average molecular weight is 383 g/mol. The molecular weight excluding hydrogens is 367 g/mol. The summed E-state index contributed by atoms with van der Waals surface area (Å²) < 4.78 is 47.1. The molecule has 0 bridgehead atoms. The first kappa shape index (κ1) is 18.8. The van der Waals surface area contributed by atoms with E-state index in [-0.39, 0.29) is 30.2 Å². The quantitative estimate of drug-likeness (QED) is 0.869. The van der Waals surface area contributed by atoms with Gasteiger partial charge in [0.05, 0.1) is 11.5 Å². The topological polar surface area (TPSA) is 80.0 Å². The van der Waals surface area contributed by atoms with Crippen molar-refractivity contribution in [2.24, 2.45) is 5.92 Å². The zero-order chi connectivity index (χ0) is 19.6. The third-order valence-corrected chi connectivity index (χ3v) is 4.33. The normalized spacial score (nSPS) is 15.6. The van der Waals surface area contributed by atoms with Crippen molar-refractivity contribution in [2.75, 3.05) is 13.1 Å². The molecule has 0 unspecified atom stereocenters. The van der Waals surface area contributed by atoms with Gasteiger partial charge in [0.15, 0.2) is 5.76 Å². The Morgan fingerprint density at radius 2 is 1.78 bits per heavy atom. The van der Waals surface area contributed by atoms with Crippen LogP contribution in [0.5, 0.6) is 5.75 Å². The number of para-hydroxylation sites is 1. The molecule has 2 aromatic rings. The van der Waals surface area contributed by atoms with Gasteiger partial charge in [-0.2, -0.15) is 0 Å². The minimum atomic E-state index is -4.85. The van der Waals surface area contributed by atoms with Gasteiger partial charge in [-0.05, 0) is 37.1 Å². The van der Waals surface area contributed by atoms with Crippen molar-refractivity contribution >= 4 is 11.9 Å². The number of hydrogen-bond donors (Lipinski definition) is 1. The molecule has 1 aromatic carbocycles. The van der Waals surface area contributed by atoms with Crippen LogP contribution in [0.2, 0.25) is 0 Å². The number of carbonyl (C=O) groups is 2. The first-order valence-corrected chi connectivity index (χ1v) is 8.21. The molecule has 9 heteroatoms. The number of rotatable bonds is 4. The lowest BCUT2D eigenvalue weighted by molar-refractivity contribution is -0.274. The highest BCUT2D eigenvalue weighted by molar-refractivity contribution is 5.92. The largest absolute Gasteiger partial charge is 0.573 e. The van der Waals surface area contributed by atoms with Gasteiger partial charge in [0.2, 0.25) is 0 Å². The molecule has 1 saturated heterocycles. The summed E-state index contributed by atoms with van der Waals surface area (Å²) in [4.78, 5) is 25.0. The van der Waals surface area contributed by atoms with E-state index < -0.39 is 29.9 Å². The molecule has 0 atom stereocenters. The molecule has 0 saturated carbocycles. The van der Waals surface area contributed by atoms with Gasteiger partial charge in [-0.25, -0.2) is 0 Å². The Balaban J connectivity index is 1.76. The Hall–Kier alpha value is -2.97. The van der Waals surface area contributed by atoms with Crippen molar-refractivity contribution in [3.8, 4) is 17.1 Å². The fourth-order valence-corrected chi connectivity index (χ4v) is 2.97. The molecule has 0 spiro atoms. The van der Waals surface area contributed by atoms with Gasteiger partial charge < -0.3 is 19.2 Å². The highest BCUT2D eigenvalue weighted by Gasteiger charge is 2.33. The number of furan rings is 1. The molecule has 1 fully saturated rings. The predicted molar refractivity (Wildman–Crippen MR) is 87.1 cm³/mol. The maximum Gasteiger partial charge on any atom is 0.573 e. The first-order valence-electron chi connectivity index (χ1n) is 8.21. The standard InChI is InChI=1S/C18H16F3NO5/c19-18(20,21)27-14-4-2-1-3-12(14)13-5-6-15(26-13)16(23)22-9-7-11(8-10-22)17(24)25/h1-6,11H,7-10H2,(H,24,25). The molecule has 1 aliphatic heterocycles. The summed E-state index contributed by atoms with van der Waals surface area (Å²) in [5.41, 5.74) is 0.0680. The van der Waals surface area contributed by atoms with E-state index >= 15 is 0 Å². The zero-order valence-electron chi connectivity index (χ0n) is 14.0. The lowest BCUT2D eigenvalue weighted by atomic mass is 9.97. The van der Waals surface area contributed by atoms with Gasteiger partial charge in [0.1, 0.15) is 11.5 Å². The fourth-order valence-electron chi connectivity index (χ4n) is 2.97. The monoisotopic (exact) mass is 383 g/mol. The van der Waals surface area contributed by atoms with Crippen molar-refractivity contribution < 1.29 is 37.0 Å². The van der Waals surface area contributed by atoms with Crippen LogP contribution in [0, 0.1) is 5.92 Å². The van der Waals surface area contributed by atoms with E-state index in [1.54, 1.807) is 0 Å². The Kier molecular flexibility index (Phi) is 5.11. The Bertz CT molecular complexity index is 838. The third kappa shape index (κ3) is 4.42. The number of amides is 1. The lowest BCUT2D eigenvalue weighted by Gasteiger charge is -2.29. The highest BCUT2D eigenvalue weighted by atomic mass is 19.4. The molecule has 6 nitrogen and oxygen atoms in total. The van der Waals surface area contributed by atoms with Crippen LogP contribution in [0.25, 0.3) is 11.3 Å². The van der Waals surface area contributed by atoms with E-state index in [2.05, 4.69) is 4.74 Å². The third-order valence-electron chi connectivity index (χ3n) is 4.33. The van der Waals surface area contributed by atoms with Gasteiger partial charge in [-0.3, -0.25) is 9.59 Å². The van der Waals surface area contributed by atoms with E-state index in [1.807, 2.05) is 0 Å². The van der Waals surface area contributed by atoms with Gasteiger partial charge in [-0.15, -0.1) is 13.2 Å². The molecule has 1 aromatic heterocycles. The average Bonchev–Trinajstić information content (AvgIpc) is 3.10. The van der Waals surface area contributed by atoms with E-state index in [4.69, 9.17) is 9.52 Å². The molecule has 0 radical (unpaired) electrons. The Morgan fingerprint density at radius 3 is 2.41 bits per heavy atom. The number of piperidine rings is 1. The van der Waals surface area contributed by atoms with Gasteiger partial charge in [-0.1, -0.05) is 12.1 Å². The Morgan fingerprint density at radius 1 is 1.11 bits per heavy atom. The molecule has 0 aliphatic carbocycles. The molecule has 1 aliphatic rings. The molecule has 1 amide bonds. The van der Waals surface area contributed by atoms with Gasteiger partial charge in [0.25, 0.3) is 5.91 Å². The summed E-state index contributed by atoms with van der Waals surface area (Å²) in [6.07, 6.45) is -4.16. The first-order chi connectivity index (χ1) is 12.7. The van der Waals surface area contributed by atoms with Crippen molar-refractivity contribution in [1.82, 2.24) is 4.90 Å². The molecule has 27 heavy (non-hydrogen) atoms. The SMILES string of the molecule is O=C(O)C1CCN(C(=O)c2ccc(-c3ccccc3OC(F)(F)F)o2)CC1. The minimum Gasteiger partial charge on any atom is -0.481 e. The van der Waals surface area contributed by atoms with Crippen molar-refractivity contribution in [3.63, 3.8) is 0 Å². The van der Waals surface area contributed by atoms with E-state index in [0.717, 1.165) is 6.07 Å². The van der Waals surface area contributed by atoms with Crippen LogP contribution < -0.4 is 4.74 Å². The number of carbonyl (C=O) groups excluding carboxylic acids is 1. The van der Waals surface area contributed by atoms with Crippen molar-refractivity contribution in [3.05, 3.63) is 42.2 Å². The number of halogens is 3. The smallest absolute Gasteiger partial charge is 0.481 e. The van der Waals surface area contributed by atoms with Crippen LogP contribution in [0.3, 0.4) is 0 Å². The number of carboxylic acids is 1. The maximum absolute atomic E-state index is 12.5. The molecule has 2 heterocycles. The Labute approximate surface area is 152 Å². The molecule has 3 rings (SSSR count). The summed E-state index contributed by atoms with van der Waals surface area (Å²) in [6.45, 7) is 0.555. The predicted octanol–water partition coefficient (Wildman–Crippen LogP) is 3.78. The summed E-state index contributed by atoms with van der Waals surface area (Å²) >= 11 is 0. The van der Waals surface area contributed by atoms with Gasteiger partial charge >= 0.3 is 12.3 Å². The van der Waals surface area contributed by atoms with Crippen LogP contribution in [0.4, 0.5) is 13.2 Å². The van der Waals surface area contributed by atoms with Crippen LogP contribution in [-0.4, -0.2) is 41.3 Å². The summed E-state index contributed by atoms with van der Waals surface area (Å²) in [7, 11) is 0. The number of nitrogens with zero attached hydrogens (tertiary/aromatic N) is 1. The van der Waals surface area contributed by atoms with E-state index in [9.17, 15) is 22.8 Å². The van der Waals surface area contributed by atoms with Gasteiger partial charge in [0, 0.05) is 13.1 Å². The summed E-state index contributed by atoms with van der Waals surface area (Å²) in [5.74, 6) is -2.18. The number of hydrogen-bond acceptors (Lipinski definition) is 4.